The van der Waals surface area contributed by atoms with Crippen LogP contribution >= 0.6 is 0 Å². The lowest BCUT2D eigenvalue weighted by molar-refractivity contribution is -0.228. The van der Waals surface area contributed by atoms with Crippen molar-refractivity contribution in [3.63, 3.8) is 0 Å². The molecule has 1 unspecified atom stereocenters. The third-order valence-electron chi connectivity index (χ3n) is 14.9. The number of nitrogens with one attached hydrogen (secondary N) is 1. The van der Waals surface area contributed by atoms with E-state index in [1.807, 2.05) is 60.4 Å². The van der Waals surface area contributed by atoms with E-state index in [9.17, 15) is 29.4 Å². The zero-order valence-electron chi connectivity index (χ0n) is 38.0. The molecule has 5 aliphatic rings. The first-order valence-electron chi connectivity index (χ1n) is 21.8. The quantitative estimate of drug-likeness (QED) is 0.0642. The Bertz CT molecular complexity index is 2570. The fraction of sp³-hybridized carbons (Fsp3) is 0.543. The zero-order valence-corrected chi connectivity index (χ0v) is 38.8. The number of anilines is 1. The summed E-state index contributed by atoms with van der Waals surface area (Å²) in [5, 5.41) is 26.0. The van der Waals surface area contributed by atoms with Crippen LogP contribution in [0.5, 0.6) is 5.75 Å². The summed E-state index contributed by atoms with van der Waals surface area (Å²) >= 11 is 0. The van der Waals surface area contributed by atoms with Gasteiger partial charge in [-0.25, -0.2) is 4.79 Å². The minimum atomic E-state index is -4.67. The summed E-state index contributed by atoms with van der Waals surface area (Å²) in [7, 11) is 1.12. The van der Waals surface area contributed by atoms with Crippen molar-refractivity contribution in [2.24, 2.45) is 11.3 Å². The number of aliphatic hydroxyl groups excluding tert-OH is 1. The molecule has 2 aromatic carbocycles. The Balaban J connectivity index is 0.00000123. The number of amides is 1. The third-order valence-corrected chi connectivity index (χ3v) is 14.9. The van der Waals surface area contributed by atoms with E-state index in [1.54, 1.807) is 14.0 Å². The van der Waals surface area contributed by atoms with E-state index in [1.165, 1.54) is 33.2 Å². The number of Topliss-reactive ketones (excluding diaryl/α,β-unsaturated/α-hetero) is 1. The van der Waals surface area contributed by atoms with Crippen LogP contribution in [0.1, 0.15) is 68.8 Å². The Labute approximate surface area is 382 Å². The van der Waals surface area contributed by atoms with E-state index in [4.69, 9.17) is 36.5 Å². The van der Waals surface area contributed by atoms with Crippen LogP contribution in [-0.2, 0) is 65.8 Å². The van der Waals surface area contributed by atoms with Gasteiger partial charge in [0.15, 0.2) is 11.9 Å². The van der Waals surface area contributed by atoms with E-state index < -0.39 is 86.1 Å². The van der Waals surface area contributed by atoms with E-state index in [0.717, 1.165) is 22.0 Å². The molecule has 0 bridgehead atoms. The van der Waals surface area contributed by atoms with E-state index >= 15 is 4.79 Å². The number of hydrogen-bond donors (Lipinski definition) is 5. The Morgan fingerprint density at radius 1 is 1.00 bits per heavy atom. The maximum Gasteiger partial charge on any atom is 0.394 e. The van der Waals surface area contributed by atoms with Crippen molar-refractivity contribution in [1.29, 1.82) is 0 Å². The minimum absolute atomic E-state index is 0.0224. The highest BCUT2D eigenvalue weighted by molar-refractivity contribution is 7.79. The van der Waals surface area contributed by atoms with Gasteiger partial charge in [0.25, 0.3) is 0 Å². The molecule has 1 spiro atoms. The maximum atomic E-state index is 15.3. The Kier molecular flexibility index (Phi) is 13.0. The average molecular weight is 939 g/mol. The van der Waals surface area contributed by atoms with Crippen molar-refractivity contribution in [2.45, 2.75) is 93.6 Å². The number of hydrogen-bond acceptors (Lipinski definition) is 15. The molecule has 0 radical (unpaired) electrons. The Hall–Kier alpha value is -5.38. The lowest BCUT2D eigenvalue weighted by Crippen LogP contribution is -2.81. The van der Waals surface area contributed by atoms with Gasteiger partial charge in [0.1, 0.15) is 17.3 Å². The van der Waals surface area contributed by atoms with Crippen molar-refractivity contribution in [3.05, 3.63) is 70.9 Å². The van der Waals surface area contributed by atoms with Crippen molar-refractivity contribution in [1.82, 2.24) is 14.8 Å². The van der Waals surface area contributed by atoms with Crippen LogP contribution < -0.4 is 9.64 Å². The molecule has 358 valence electrons. The normalized spacial score (nSPS) is 30.5. The number of para-hydroxylation sites is 1. The molecule has 8 rings (SSSR count). The predicted molar refractivity (Wildman–Crippen MR) is 237 cm³/mol. The van der Waals surface area contributed by atoms with Crippen LogP contribution in [0, 0.1) is 11.3 Å². The van der Waals surface area contributed by atoms with Gasteiger partial charge in [-0.05, 0) is 55.5 Å². The van der Waals surface area contributed by atoms with Crippen LogP contribution in [-0.4, -0.2) is 157 Å². The summed E-state index contributed by atoms with van der Waals surface area (Å²) in [6, 6.07) is 9.95. The maximum absolute atomic E-state index is 15.3. The molecule has 1 saturated carbocycles. The van der Waals surface area contributed by atoms with E-state index in [2.05, 4.69) is 9.88 Å². The Morgan fingerprint density at radius 3 is 2.29 bits per heavy atom. The first-order valence-corrected chi connectivity index (χ1v) is 23.2. The number of H-pyrrole nitrogens is 1. The lowest BCUT2D eigenvalue weighted by atomic mass is 9.47. The molecule has 1 aromatic heterocycles. The van der Waals surface area contributed by atoms with Gasteiger partial charge in [-0.1, -0.05) is 44.2 Å². The van der Waals surface area contributed by atoms with Gasteiger partial charge in [0.05, 0.1) is 27.4 Å². The number of nitrogens with zero attached hydrogens (tertiary/aromatic N) is 3. The smallest absolute Gasteiger partial charge is 0.394 e. The van der Waals surface area contributed by atoms with E-state index in [0.29, 0.717) is 55.7 Å². The van der Waals surface area contributed by atoms with Crippen molar-refractivity contribution in [3.8, 4) is 5.75 Å². The molecule has 1 aliphatic carbocycles. The molecule has 5 N–H and O–H groups in total. The number of esters is 3. The third kappa shape index (κ3) is 7.27. The van der Waals surface area contributed by atoms with Gasteiger partial charge in [0, 0.05) is 96.7 Å². The van der Waals surface area contributed by atoms with Crippen LogP contribution in [0.4, 0.5) is 5.69 Å². The highest BCUT2D eigenvalue weighted by atomic mass is 32.3. The molecule has 1 saturated heterocycles. The summed E-state index contributed by atoms with van der Waals surface area (Å²) < 4.78 is 55.2. The van der Waals surface area contributed by atoms with Gasteiger partial charge >= 0.3 is 28.3 Å². The van der Waals surface area contributed by atoms with Gasteiger partial charge in [-0.2, -0.15) is 8.42 Å². The standard InChI is InChI=1S/C46H56N4O11.H2O4S/c1-8-34(53)36(54)27-23-45(41(55)59-6,37-29(15-19-49(24-27)25-51)28-13-10-11-14-32(28)47-37)31-21-30-33(22-35(31)58-5)48(4)39-44(30)17-20-50-18-12-16-43(9-2,38(44)50)40(61-26(3)52)46(39,57)42(56)60-7;1-5(2,3)4/h10-14,16,21-22,25,27,36,38-40,47,54,57H,8-9,15,17-20,23-24H2,1-7H3;(H2,1,2,3,4)/t27-,36+,38-,39?,40+,43+,44+,45-,46-;/m0./s1. The number of benzene rings is 2. The molecular weight excluding hydrogens is 881 g/mol. The number of aliphatic hydroxyl groups is 2. The van der Waals surface area contributed by atoms with Crippen LogP contribution in [0.2, 0.25) is 0 Å². The van der Waals surface area contributed by atoms with Crippen molar-refractivity contribution >= 4 is 57.1 Å². The molecule has 66 heavy (non-hydrogen) atoms. The molecule has 4 aliphatic heterocycles. The van der Waals surface area contributed by atoms with Crippen LogP contribution in [0.25, 0.3) is 10.9 Å². The summed E-state index contributed by atoms with van der Waals surface area (Å²) in [5.41, 5.74) is -2.55. The fourth-order valence-corrected chi connectivity index (χ4v) is 12.6. The van der Waals surface area contributed by atoms with Gasteiger partial charge in [-0.15, -0.1) is 0 Å². The first kappa shape index (κ1) is 48.6. The van der Waals surface area contributed by atoms with Crippen LogP contribution in [0.15, 0.2) is 48.6 Å². The molecule has 3 aromatic rings. The highest BCUT2D eigenvalue weighted by Crippen LogP contribution is 2.68. The van der Waals surface area contributed by atoms with Gasteiger partial charge < -0.3 is 43.9 Å². The number of fused-ring (bicyclic) bond motifs is 4. The number of aromatic nitrogens is 1. The largest absolute Gasteiger partial charge is 0.496 e. The van der Waals surface area contributed by atoms with Gasteiger partial charge in [-0.3, -0.25) is 33.2 Å². The molecule has 5 heterocycles. The molecule has 1 amide bonds. The summed E-state index contributed by atoms with van der Waals surface area (Å²) in [6.45, 7) is 6.26. The SMILES string of the molecule is CCC(=O)[C@H](O)[C@@H]1CN(C=O)CCc2c([nH]c3ccccc23)[C@@](C(=O)OC)(c2cc3c(cc2OC)N(C)C2[C@]34CCN3CC=C[C@@](CC)([C@@H](OC(C)=O)[C@]2(O)C(=O)OC)[C@H]34)C1.O=S(=O)(O)O. The molecule has 20 heteroatoms. The minimum Gasteiger partial charge on any atom is -0.496 e. The Morgan fingerprint density at radius 2 is 1.68 bits per heavy atom. The van der Waals surface area contributed by atoms with Crippen molar-refractivity contribution in [2.75, 3.05) is 59.5 Å². The zero-order chi connectivity index (χ0) is 48.3. The number of carbonyl (C=O) groups excluding carboxylic acids is 5. The highest BCUT2D eigenvalue weighted by Gasteiger charge is 2.80. The summed E-state index contributed by atoms with van der Waals surface area (Å²) in [5.74, 6) is -3.38. The molecular formula is C46H58N4O15S. The lowest BCUT2D eigenvalue weighted by Gasteiger charge is -2.63. The molecule has 19 nitrogen and oxygen atoms in total. The number of rotatable bonds is 10. The molecule has 2 fully saturated rings. The number of carbonyl (C=O) groups is 5. The van der Waals surface area contributed by atoms with E-state index in [-0.39, 0.29) is 31.7 Å². The number of methoxy groups -OCH3 is 3. The molecule has 9 atom stereocenters. The monoisotopic (exact) mass is 938 g/mol. The average Bonchev–Trinajstić information content (AvgIpc) is 3.96. The fourth-order valence-electron chi connectivity index (χ4n) is 12.6. The number of ketones is 1. The van der Waals surface area contributed by atoms with Crippen LogP contribution in [0.3, 0.4) is 0 Å². The second-order valence-corrected chi connectivity index (χ2v) is 18.8. The summed E-state index contributed by atoms with van der Waals surface area (Å²) in [4.78, 5) is 78.1. The van der Waals surface area contributed by atoms with Gasteiger partial charge in [0.2, 0.25) is 12.0 Å². The predicted octanol–water partition coefficient (Wildman–Crippen LogP) is 2.29. The number of likely N-dealkylation sites (N-methyl/N-ethyl adjacent to an activating group) is 1. The van der Waals surface area contributed by atoms with Crippen molar-refractivity contribution < 1.29 is 70.7 Å². The number of ether oxygens (including phenoxy) is 4. The topological polar surface area (TPSA) is 263 Å². The first-order chi connectivity index (χ1) is 31.2. The second-order valence-electron chi connectivity index (χ2n) is 17.9. The second kappa shape index (κ2) is 17.7. The summed E-state index contributed by atoms with van der Waals surface area (Å²) in [6.07, 6.45) is 2.88. The number of aromatic amines is 1.